The van der Waals surface area contributed by atoms with E-state index in [2.05, 4.69) is 0 Å². The third-order valence-electron chi connectivity index (χ3n) is 2.92. The van der Waals surface area contributed by atoms with Gasteiger partial charge in [0.25, 0.3) is 10.0 Å². The van der Waals surface area contributed by atoms with E-state index in [1.807, 2.05) is 0 Å². The standard InChI is InChI=1S/C14H9Cl2F2NO4S/c15-8-1-3-10(16)13(5-8)24(22,23)19(7-14(20)21)12-4-2-9(17)6-11(12)18/h1-6H,7H2,(H,20,21). The van der Waals surface area contributed by atoms with Crippen LogP contribution in [-0.2, 0) is 14.8 Å². The lowest BCUT2D eigenvalue weighted by molar-refractivity contribution is -0.135. The van der Waals surface area contributed by atoms with Crippen molar-refractivity contribution in [1.82, 2.24) is 0 Å². The van der Waals surface area contributed by atoms with Crippen LogP contribution in [0.25, 0.3) is 0 Å². The normalized spacial score (nSPS) is 11.3. The molecule has 0 atom stereocenters. The fraction of sp³-hybridized carbons (Fsp3) is 0.0714. The number of rotatable bonds is 5. The van der Waals surface area contributed by atoms with Crippen LogP contribution in [0, 0.1) is 11.6 Å². The molecule has 0 aromatic heterocycles. The molecule has 0 heterocycles. The van der Waals surface area contributed by atoms with E-state index in [9.17, 15) is 22.0 Å². The zero-order valence-electron chi connectivity index (χ0n) is 11.7. The summed E-state index contributed by atoms with van der Waals surface area (Å²) < 4.78 is 52.8. The SMILES string of the molecule is O=C(O)CN(c1ccc(F)cc1F)S(=O)(=O)c1cc(Cl)ccc1Cl. The van der Waals surface area contributed by atoms with E-state index in [1.165, 1.54) is 12.1 Å². The Kier molecular flexibility index (Phi) is 5.32. The maximum atomic E-state index is 14.0. The highest BCUT2D eigenvalue weighted by molar-refractivity contribution is 7.93. The number of sulfonamides is 1. The van der Waals surface area contributed by atoms with Crippen molar-refractivity contribution >= 4 is 44.9 Å². The van der Waals surface area contributed by atoms with Gasteiger partial charge in [-0.25, -0.2) is 17.2 Å². The van der Waals surface area contributed by atoms with E-state index in [-0.39, 0.29) is 14.4 Å². The van der Waals surface area contributed by atoms with E-state index in [4.69, 9.17) is 28.3 Å². The van der Waals surface area contributed by atoms with Crippen LogP contribution in [0.5, 0.6) is 0 Å². The Hall–Kier alpha value is -1.90. The molecule has 0 saturated carbocycles. The van der Waals surface area contributed by atoms with E-state index in [0.29, 0.717) is 6.07 Å². The summed E-state index contributed by atoms with van der Waals surface area (Å²) in [5.74, 6) is -3.72. The summed E-state index contributed by atoms with van der Waals surface area (Å²) in [5, 5.41) is 8.77. The first-order valence-corrected chi connectivity index (χ1v) is 8.47. The van der Waals surface area contributed by atoms with Crippen molar-refractivity contribution in [2.24, 2.45) is 0 Å². The summed E-state index contributed by atoms with van der Waals surface area (Å²) in [6.07, 6.45) is 0. The number of carboxylic acids is 1. The smallest absolute Gasteiger partial charge is 0.324 e. The van der Waals surface area contributed by atoms with Crippen molar-refractivity contribution in [3.63, 3.8) is 0 Å². The molecule has 0 spiro atoms. The van der Waals surface area contributed by atoms with Gasteiger partial charge in [-0.1, -0.05) is 23.2 Å². The quantitative estimate of drug-likeness (QED) is 0.839. The van der Waals surface area contributed by atoms with Gasteiger partial charge in [-0.05, 0) is 30.3 Å². The van der Waals surface area contributed by atoms with Crippen LogP contribution in [0.1, 0.15) is 0 Å². The van der Waals surface area contributed by atoms with Crippen molar-refractivity contribution in [2.75, 3.05) is 10.8 Å². The molecule has 0 aliphatic rings. The third kappa shape index (κ3) is 3.77. The van der Waals surface area contributed by atoms with Gasteiger partial charge >= 0.3 is 5.97 Å². The molecule has 5 nitrogen and oxygen atoms in total. The van der Waals surface area contributed by atoms with Crippen LogP contribution in [-0.4, -0.2) is 26.0 Å². The van der Waals surface area contributed by atoms with Crippen molar-refractivity contribution in [3.05, 3.63) is 58.1 Å². The van der Waals surface area contributed by atoms with Crippen molar-refractivity contribution in [2.45, 2.75) is 4.90 Å². The van der Waals surface area contributed by atoms with Gasteiger partial charge in [0.1, 0.15) is 23.1 Å². The van der Waals surface area contributed by atoms with E-state index >= 15 is 0 Å². The lowest BCUT2D eigenvalue weighted by Crippen LogP contribution is -2.36. The zero-order valence-corrected chi connectivity index (χ0v) is 14.0. The second kappa shape index (κ2) is 6.92. The van der Waals surface area contributed by atoms with Crippen LogP contribution < -0.4 is 4.31 Å². The number of carboxylic acid groups (broad SMARTS) is 1. The molecule has 0 aliphatic carbocycles. The maximum Gasteiger partial charge on any atom is 0.324 e. The van der Waals surface area contributed by atoms with Gasteiger partial charge in [-0.2, -0.15) is 0 Å². The first-order chi connectivity index (χ1) is 11.1. The number of anilines is 1. The average molecular weight is 396 g/mol. The van der Waals surface area contributed by atoms with E-state index in [0.717, 1.165) is 18.2 Å². The van der Waals surface area contributed by atoms with Crippen LogP contribution in [0.15, 0.2) is 41.3 Å². The molecule has 24 heavy (non-hydrogen) atoms. The van der Waals surface area contributed by atoms with Crippen molar-refractivity contribution in [1.29, 1.82) is 0 Å². The summed E-state index contributed by atoms with van der Waals surface area (Å²) in [7, 11) is -4.56. The molecule has 1 N–H and O–H groups in total. The van der Waals surface area contributed by atoms with Crippen LogP contribution in [0.3, 0.4) is 0 Å². The predicted molar refractivity (Wildman–Crippen MR) is 85.0 cm³/mol. The topological polar surface area (TPSA) is 74.7 Å². The molecule has 0 fully saturated rings. The molecule has 2 aromatic carbocycles. The van der Waals surface area contributed by atoms with Crippen LogP contribution in [0.4, 0.5) is 14.5 Å². The Bertz CT molecular complexity index is 906. The first kappa shape index (κ1) is 18.4. The largest absolute Gasteiger partial charge is 0.480 e. The fourth-order valence-corrected chi connectivity index (χ4v) is 4.06. The monoisotopic (exact) mass is 395 g/mol. The Morgan fingerprint density at radius 2 is 1.79 bits per heavy atom. The van der Waals surface area contributed by atoms with Gasteiger partial charge in [0.15, 0.2) is 0 Å². The van der Waals surface area contributed by atoms with Crippen molar-refractivity contribution in [3.8, 4) is 0 Å². The summed E-state index contributed by atoms with van der Waals surface area (Å²) in [5.41, 5.74) is -0.630. The molecular formula is C14H9Cl2F2NO4S. The Morgan fingerprint density at radius 3 is 2.38 bits per heavy atom. The fourth-order valence-electron chi connectivity index (χ4n) is 1.90. The molecule has 0 amide bonds. The summed E-state index contributed by atoms with van der Waals surface area (Å²) in [6.45, 7) is -1.09. The number of nitrogens with zero attached hydrogens (tertiary/aromatic N) is 1. The first-order valence-electron chi connectivity index (χ1n) is 6.27. The Labute approximate surface area is 146 Å². The molecule has 0 bridgehead atoms. The second-order valence-corrected chi connectivity index (χ2v) is 7.25. The molecule has 10 heteroatoms. The van der Waals surface area contributed by atoms with E-state index < -0.39 is 44.8 Å². The van der Waals surface area contributed by atoms with Gasteiger partial charge in [0.2, 0.25) is 0 Å². The van der Waals surface area contributed by atoms with Gasteiger partial charge < -0.3 is 5.11 Å². The Morgan fingerprint density at radius 1 is 1.12 bits per heavy atom. The highest BCUT2D eigenvalue weighted by atomic mass is 35.5. The molecule has 0 saturated heterocycles. The number of halogens is 4. The van der Waals surface area contributed by atoms with Crippen LogP contribution >= 0.6 is 23.2 Å². The number of carbonyl (C=O) groups is 1. The molecule has 0 aliphatic heterocycles. The van der Waals surface area contributed by atoms with Gasteiger partial charge in [-0.3, -0.25) is 9.10 Å². The second-order valence-electron chi connectivity index (χ2n) is 4.58. The van der Waals surface area contributed by atoms with Gasteiger partial charge in [0, 0.05) is 11.1 Å². The summed E-state index contributed by atoms with van der Waals surface area (Å²) >= 11 is 11.6. The molecule has 2 aromatic rings. The predicted octanol–water partition coefficient (Wildman–Crippen LogP) is 3.55. The van der Waals surface area contributed by atoms with Crippen LogP contribution in [0.2, 0.25) is 10.0 Å². The summed E-state index contributed by atoms with van der Waals surface area (Å²) in [4.78, 5) is 10.5. The molecule has 0 unspecified atom stereocenters. The highest BCUT2D eigenvalue weighted by Crippen LogP contribution is 2.31. The Balaban J connectivity index is 2.66. The minimum atomic E-state index is -4.56. The van der Waals surface area contributed by atoms with Gasteiger partial charge in [0.05, 0.1) is 10.7 Å². The minimum absolute atomic E-state index is 0.0350. The molecule has 128 valence electrons. The van der Waals surface area contributed by atoms with Gasteiger partial charge in [-0.15, -0.1) is 0 Å². The number of benzene rings is 2. The average Bonchev–Trinajstić information content (AvgIpc) is 2.47. The molecule has 2 rings (SSSR count). The minimum Gasteiger partial charge on any atom is -0.480 e. The maximum absolute atomic E-state index is 14.0. The number of hydrogen-bond donors (Lipinski definition) is 1. The lowest BCUT2D eigenvalue weighted by Gasteiger charge is -2.23. The highest BCUT2D eigenvalue weighted by Gasteiger charge is 2.31. The van der Waals surface area contributed by atoms with E-state index in [1.54, 1.807) is 0 Å². The molecule has 0 radical (unpaired) electrons. The summed E-state index contributed by atoms with van der Waals surface area (Å²) in [6, 6.07) is 5.63. The molecular weight excluding hydrogens is 387 g/mol. The lowest BCUT2D eigenvalue weighted by atomic mass is 10.3. The zero-order chi connectivity index (χ0) is 18.1. The number of aliphatic carboxylic acids is 1. The third-order valence-corrected chi connectivity index (χ3v) is 5.39. The van der Waals surface area contributed by atoms with Crippen molar-refractivity contribution < 1.29 is 27.1 Å². The number of hydrogen-bond acceptors (Lipinski definition) is 3.